The highest BCUT2D eigenvalue weighted by atomic mass is 16.2. The van der Waals surface area contributed by atoms with E-state index in [-0.39, 0.29) is 0 Å². The Morgan fingerprint density at radius 2 is 2.06 bits per heavy atom. The lowest BCUT2D eigenvalue weighted by Crippen LogP contribution is -2.28. The molecule has 0 unspecified atom stereocenters. The third kappa shape index (κ3) is 2.38. The normalized spacial score (nSPS) is 10.0. The number of nitrogens with zero attached hydrogens (tertiary/aromatic N) is 1. The predicted octanol–water partition coefficient (Wildman–Crippen LogP) is 1.24. The maximum Gasteiger partial charge on any atom is 0.312 e. The van der Waals surface area contributed by atoms with Crippen LogP contribution in [0.1, 0.15) is 5.56 Å². The van der Waals surface area contributed by atoms with E-state index >= 15 is 0 Å². The molecule has 0 saturated carbocycles. The van der Waals surface area contributed by atoms with E-state index in [2.05, 4.69) is 15.5 Å². The van der Waals surface area contributed by atoms with Crippen LogP contribution in [0.3, 0.4) is 0 Å². The number of nitrogens with two attached hydrogens (primary N) is 1. The minimum atomic E-state index is -0.516. The Morgan fingerprint density at radius 1 is 1.31 bits per heavy atom. The first-order valence-corrected chi connectivity index (χ1v) is 4.88. The Kier molecular flexibility index (Phi) is 2.86. The number of aromatic nitrogens is 2. The molecule has 5 nitrogen and oxygen atoms in total. The number of nitrogens with one attached hydrogen (secondary N) is 2. The molecule has 0 saturated heterocycles. The van der Waals surface area contributed by atoms with E-state index < -0.39 is 6.03 Å². The van der Waals surface area contributed by atoms with Gasteiger partial charge in [0.1, 0.15) is 0 Å². The first-order chi connectivity index (χ1) is 7.75. The van der Waals surface area contributed by atoms with E-state index in [9.17, 15) is 4.79 Å². The van der Waals surface area contributed by atoms with E-state index in [1.54, 1.807) is 6.20 Å². The van der Waals surface area contributed by atoms with Gasteiger partial charge in [-0.05, 0) is 17.2 Å². The SMILES string of the molecule is NC(=O)NCc1ccc(-c2ccn[nH]2)cc1. The minimum absolute atomic E-state index is 0.443. The molecule has 82 valence electrons. The average molecular weight is 216 g/mol. The van der Waals surface area contributed by atoms with Gasteiger partial charge in [-0.15, -0.1) is 0 Å². The molecule has 0 aliphatic rings. The number of aromatic amines is 1. The molecule has 1 aromatic heterocycles. The Morgan fingerprint density at radius 3 is 2.62 bits per heavy atom. The zero-order valence-electron chi connectivity index (χ0n) is 8.60. The number of hydrogen-bond donors (Lipinski definition) is 3. The van der Waals surface area contributed by atoms with Gasteiger partial charge in [0, 0.05) is 12.7 Å². The van der Waals surface area contributed by atoms with Crippen LogP contribution >= 0.6 is 0 Å². The standard InChI is InChI=1S/C11H12N4O/c12-11(16)13-7-8-1-3-9(4-2-8)10-5-6-14-15-10/h1-6H,7H2,(H,14,15)(H3,12,13,16). The van der Waals surface area contributed by atoms with Crippen molar-refractivity contribution in [3.8, 4) is 11.3 Å². The second-order valence-electron chi connectivity index (χ2n) is 3.39. The van der Waals surface area contributed by atoms with Crippen molar-refractivity contribution in [3.05, 3.63) is 42.1 Å². The van der Waals surface area contributed by atoms with Crippen molar-refractivity contribution < 1.29 is 4.79 Å². The van der Waals surface area contributed by atoms with Crippen LogP contribution in [-0.4, -0.2) is 16.2 Å². The number of hydrogen-bond acceptors (Lipinski definition) is 2. The van der Waals surface area contributed by atoms with Crippen molar-refractivity contribution in [2.75, 3.05) is 0 Å². The summed E-state index contributed by atoms with van der Waals surface area (Å²) in [4.78, 5) is 10.5. The molecule has 0 aliphatic carbocycles. The minimum Gasteiger partial charge on any atom is -0.352 e. The number of primary amides is 1. The Hall–Kier alpha value is -2.30. The van der Waals surface area contributed by atoms with Gasteiger partial charge in [0.05, 0.1) is 5.69 Å². The molecular formula is C11H12N4O. The summed E-state index contributed by atoms with van der Waals surface area (Å²) in [6, 6.07) is 9.18. The van der Waals surface area contributed by atoms with Crippen molar-refractivity contribution in [2.45, 2.75) is 6.54 Å². The van der Waals surface area contributed by atoms with Crippen LogP contribution in [0.4, 0.5) is 4.79 Å². The molecule has 1 aromatic carbocycles. The molecule has 0 bridgehead atoms. The van der Waals surface area contributed by atoms with Gasteiger partial charge in [-0.3, -0.25) is 5.10 Å². The molecule has 0 radical (unpaired) electrons. The van der Waals surface area contributed by atoms with Crippen LogP contribution in [0.2, 0.25) is 0 Å². The number of urea groups is 1. The Bertz CT molecular complexity index is 461. The fourth-order valence-electron chi connectivity index (χ4n) is 1.41. The maximum absolute atomic E-state index is 10.5. The highest BCUT2D eigenvalue weighted by molar-refractivity contribution is 5.71. The molecule has 1 heterocycles. The van der Waals surface area contributed by atoms with Crippen molar-refractivity contribution in [1.82, 2.24) is 15.5 Å². The molecule has 0 aliphatic heterocycles. The van der Waals surface area contributed by atoms with Crippen LogP contribution < -0.4 is 11.1 Å². The van der Waals surface area contributed by atoms with Gasteiger partial charge in [-0.25, -0.2) is 4.79 Å². The van der Waals surface area contributed by atoms with Crippen LogP contribution in [0.25, 0.3) is 11.3 Å². The van der Waals surface area contributed by atoms with E-state index in [0.29, 0.717) is 6.54 Å². The van der Waals surface area contributed by atoms with Gasteiger partial charge in [0.15, 0.2) is 0 Å². The molecule has 4 N–H and O–H groups in total. The molecule has 2 rings (SSSR count). The van der Waals surface area contributed by atoms with Crippen LogP contribution in [-0.2, 0) is 6.54 Å². The van der Waals surface area contributed by atoms with Gasteiger partial charge >= 0.3 is 6.03 Å². The summed E-state index contributed by atoms with van der Waals surface area (Å²) < 4.78 is 0. The van der Waals surface area contributed by atoms with E-state index in [0.717, 1.165) is 16.8 Å². The summed E-state index contributed by atoms with van der Waals surface area (Å²) in [6.45, 7) is 0.443. The fraction of sp³-hybridized carbons (Fsp3) is 0.0909. The smallest absolute Gasteiger partial charge is 0.312 e. The Balaban J connectivity index is 2.08. The summed E-state index contributed by atoms with van der Waals surface area (Å²) in [5.74, 6) is 0. The van der Waals surface area contributed by atoms with Gasteiger partial charge in [-0.2, -0.15) is 5.10 Å². The van der Waals surface area contributed by atoms with Crippen LogP contribution in [0, 0.1) is 0 Å². The van der Waals surface area contributed by atoms with Gasteiger partial charge < -0.3 is 11.1 Å². The van der Waals surface area contributed by atoms with E-state index in [1.807, 2.05) is 30.3 Å². The number of carbonyl (C=O) groups excluding carboxylic acids is 1. The molecule has 2 aromatic rings. The molecule has 0 spiro atoms. The molecule has 2 amide bonds. The summed E-state index contributed by atoms with van der Waals surface area (Å²) in [5.41, 5.74) is 8.01. The van der Waals surface area contributed by atoms with Crippen molar-refractivity contribution in [3.63, 3.8) is 0 Å². The average Bonchev–Trinajstić information content (AvgIpc) is 2.80. The second-order valence-corrected chi connectivity index (χ2v) is 3.39. The highest BCUT2D eigenvalue weighted by Gasteiger charge is 1.99. The zero-order valence-corrected chi connectivity index (χ0v) is 8.60. The fourth-order valence-corrected chi connectivity index (χ4v) is 1.41. The second kappa shape index (κ2) is 4.48. The van der Waals surface area contributed by atoms with Crippen molar-refractivity contribution in [1.29, 1.82) is 0 Å². The monoisotopic (exact) mass is 216 g/mol. The maximum atomic E-state index is 10.5. The lowest BCUT2D eigenvalue weighted by Gasteiger charge is -2.03. The molecule has 0 atom stereocenters. The van der Waals surface area contributed by atoms with Crippen molar-refractivity contribution in [2.24, 2.45) is 5.73 Å². The number of rotatable bonds is 3. The Labute approximate surface area is 92.7 Å². The third-order valence-corrected chi connectivity index (χ3v) is 2.23. The molecule has 16 heavy (non-hydrogen) atoms. The number of carbonyl (C=O) groups is 1. The molecule has 5 heteroatoms. The van der Waals surface area contributed by atoms with E-state index in [4.69, 9.17) is 5.73 Å². The van der Waals surface area contributed by atoms with Crippen molar-refractivity contribution >= 4 is 6.03 Å². The summed E-state index contributed by atoms with van der Waals surface area (Å²) in [7, 11) is 0. The van der Waals surface area contributed by atoms with Crippen LogP contribution in [0.5, 0.6) is 0 Å². The summed E-state index contributed by atoms with van der Waals surface area (Å²) in [6.07, 6.45) is 1.71. The van der Waals surface area contributed by atoms with Gasteiger partial charge in [-0.1, -0.05) is 24.3 Å². The lowest BCUT2D eigenvalue weighted by atomic mass is 10.1. The zero-order chi connectivity index (χ0) is 11.4. The quantitative estimate of drug-likeness (QED) is 0.721. The number of benzene rings is 1. The first-order valence-electron chi connectivity index (χ1n) is 4.88. The lowest BCUT2D eigenvalue weighted by molar-refractivity contribution is 0.248. The number of H-pyrrole nitrogens is 1. The van der Waals surface area contributed by atoms with Gasteiger partial charge in [0.2, 0.25) is 0 Å². The molecular weight excluding hydrogens is 204 g/mol. The predicted molar refractivity (Wildman–Crippen MR) is 60.4 cm³/mol. The summed E-state index contributed by atoms with van der Waals surface area (Å²) in [5, 5.41) is 9.30. The van der Waals surface area contributed by atoms with Gasteiger partial charge in [0.25, 0.3) is 0 Å². The van der Waals surface area contributed by atoms with E-state index in [1.165, 1.54) is 0 Å². The third-order valence-electron chi connectivity index (χ3n) is 2.23. The first kappa shape index (κ1) is 10.2. The molecule has 0 fully saturated rings. The number of amides is 2. The summed E-state index contributed by atoms with van der Waals surface area (Å²) >= 11 is 0. The highest BCUT2D eigenvalue weighted by Crippen LogP contribution is 2.16. The van der Waals surface area contributed by atoms with Crippen LogP contribution in [0.15, 0.2) is 36.5 Å². The largest absolute Gasteiger partial charge is 0.352 e. The topological polar surface area (TPSA) is 83.8 Å².